The molecule has 0 amide bonds. The number of aliphatic hydroxyl groups excluding tert-OH is 1. The molecule has 0 spiro atoms. The summed E-state index contributed by atoms with van der Waals surface area (Å²) in [6, 6.07) is 6.91. The minimum absolute atomic E-state index is 0.252. The number of hydroxylamine groups is 2. The van der Waals surface area contributed by atoms with Crippen LogP contribution in [0.15, 0.2) is 36.7 Å². The average Bonchev–Trinajstić information content (AvgIpc) is 3.08. The zero-order valence-electron chi connectivity index (χ0n) is 14.9. The summed E-state index contributed by atoms with van der Waals surface area (Å²) in [5, 5.41) is 19.3. The van der Waals surface area contributed by atoms with Crippen molar-refractivity contribution in [1.82, 2.24) is 24.8 Å². The number of benzene rings is 1. The lowest BCUT2D eigenvalue weighted by molar-refractivity contribution is -0.129. The molecule has 0 saturated heterocycles. The monoisotopic (exact) mass is 378 g/mol. The van der Waals surface area contributed by atoms with E-state index < -0.39 is 18.4 Å². The first-order valence-corrected chi connectivity index (χ1v) is 8.24. The summed E-state index contributed by atoms with van der Waals surface area (Å²) in [6.07, 6.45) is -0.264. The molecule has 2 N–H and O–H groups in total. The number of halogens is 2. The van der Waals surface area contributed by atoms with E-state index in [1.807, 2.05) is 0 Å². The van der Waals surface area contributed by atoms with Gasteiger partial charge in [-0.1, -0.05) is 12.1 Å². The van der Waals surface area contributed by atoms with Crippen molar-refractivity contribution >= 4 is 22.4 Å². The number of aromatic nitrogens is 4. The molecule has 0 bridgehead atoms. The number of anilines is 2. The topological polar surface area (TPSA) is 88.3 Å². The molecule has 8 nitrogen and oxygen atoms in total. The lowest BCUT2D eigenvalue weighted by Gasteiger charge is -2.17. The van der Waals surface area contributed by atoms with Gasteiger partial charge in [0.1, 0.15) is 5.82 Å². The molecule has 3 rings (SSSR count). The van der Waals surface area contributed by atoms with Gasteiger partial charge in [-0.2, -0.15) is 10.2 Å². The van der Waals surface area contributed by atoms with Crippen LogP contribution < -0.4 is 5.32 Å². The molecule has 0 radical (unpaired) electrons. The second-order valence-corrected chi connectivity index (χ2v) is 5.97. The Labute approximate surface area is 154 Å². The van der Waals surface area contributed by atoms with Crippen LogP contribution in [0.2, 0.25) is 0 Å². The van der Waals surface area contributed by atoms with Gasteiger partial charge in [0.15, 0.2) is 5.82 Å². The lowest BCUT2D eigenvalue weighted by Crippen LogP contribution is -2.31. The first kappa shape index (κ1) is 19.1. The molecule has 0 aliphatic carbocycles. The minimum atomic E-state index is -2.77. The highest BCUT2D eigenvalue weighted by molar-refractivity contribution is 5.90. The third-order valence-corrected chi connectivity index (χ3v) is 3.89. The summed E-state index contributed by atoms with van der Waals surface area (Å²) in [5.74, 6) is -0.267. The maximum absolute atomic E-state index is 13.1. The molecule has 0 aliphatic heterocycles. The van der Waals surface area contributed by atoms with E-state index >= 15 is 0 Å². The number of alkyl halides is 2. The zero-order valence-corrected chi connectivity index (χ0v) is 14.9. The normalized spacial score (nSPS) is 12.9. The Morgan fingerprint density at radius 3 is 2.81 bits per heavy atom. The van der Waals surface area contributed by atoms with Gasteiger partial charge in [-0.05, 0) is 12.1 Å². The fraction of sp³-hybridized carbons (Fsp3) is 0.353. The first-order valence-electron chi connectivity index (χ1n) is 8.24. The number of likely N-dealkylation sites (N-methyl/N-ethyl adjacent to an activating group) is 1. The number of hydrogen-bond acceptors (Lipinski definition) is 7. The van der Waals surface area contributed by atoms with Crippen molar-refractivity contribution in [3.05, 3.63) is 42.5 Å². The summed E-state index contributed by atoms with van der Waals surface area (Å²) >= 11 is 0. The fourth-order valence-electron chi connectivity index (χ4n) is 2.60. The van der Waals surface area contributed by atoms with Crippen molar-refractivity contribution in [3.63, 3.8) is 0 Å². The summed E-state index contributed by atoms with van der Waals surface area (Å²) in [7, 11) is 3.22. The molecular weight excluding hydrogens is 358 g/mol. The van der Waals surface area contributed by atoms with Gasteiger partial charge in [-0.25, -0.2) is 18.7 Å². The van der Waals surface area contributed by atoms with Crippen LogP contribution in [0.25, 0.3) is 10.9 Å². The SMILES string of the molecule is CON(C)CC(O)Cn1cc(Nc2nc(C(F)F)nc3ccccc23)cn1. The number of aliphatic hydroxyl groups is 1. The number of nitrogens with one attached hydrogen (secondary N) is 1. The molecule has 1 atom stereocenters. The maximum atomic E-state index is 13.1. The second kappa shape index (κ2) is 8.33. The van der Waals surface area contributed by atoms with Crippen molar-refractivity contribution in [2.45, 2.75) is 19.1 Å². The Morgan fingerprint density at radius 2 is 2.07 bits per heavy atom. The van der Waals surface area contributed by atoms with E-state index in [-0.39, 0.29) is 12.4 Å². The van der Waals surface area contributed by atoms with Crippen LogP contribution in [0, 0.1) is 0 Å². The van der Waals surface area contributed by atoms with Gasteiger partial charge in [-0.15, -0.1) is 0 Å². The van der Waals surface area contributed by atoms with E-state index in [2.05, 4.69) is 20.4 Å². The van der Waals surface area contributed by atoms with Gasteiger partial charge in [-0.3, -0.25) is 4.68 Å². The van der Waals surface area contributed by atoms with E-state index in [0.717, 1.165) is 0 Å². The maximum Gasteiger partial charge on any atom is 0.297 e. The van der Waals surface area contributed by atoms with Crippen molar-refractivity contribution in [3.8, 4) is 0 Å². The summed E-state index contributed by atoms with van der Waals surface area (Å²) < 4.78 is 27.7. The van der Waals surface area contributed by atoms with Crippen molar-refractivity contribution < 1.29 is 18.7 Å². The summed E-state index contributed by atoms with van der Waals surface area (Å²) in [6.45, 7) is 0.565. The average molecular weight is 378 g/mol. The predicted molar refractivity (Wildman–Crippen MR) is 95.7 cm³/mol. The Balaban J connectivity index is 1.79. The van der Waals surface area contributed by atoms with Gasteiger partial charge in [0, 0.05) is 18.6 Å². The van der Waals surface area contributed by atoms with Gasteiger partial charge >= 0.3 is 0 Å². The molecule has 144 valence electrons. The number of hydrogen-bond donors (Lipinski definition) is 2. The molecule has 27 heavy (non-hydrogen) atoms. The Bertz CT molecular complexity index is 904. The smallest absolute Gasteiger partial charge is 0.297 e. The summed E-state index contributed by atoms with van der Waals surface area (Å²) in [5.41, 5.74) is 0.988. The molecule has 0 saturated carbocycles. The van der Waals surface area contributed by atoms with E-state index in [1.165, 1.54) is 18.4 Å². The number of nitrogens with zero attached hydrogens (tertiary/aromatic N) is 5. The molecule has 0 aliphatic rings. The quantitative estimate of drug-likeness (QED) is 0.582. The van der Waals surface area contributed by atoms with E-state index in [0.29, 0.717) is 23.1 Å². The molecule has 0 fully saturated rings. The van der Waals surface area contributed by atoms with Crippen LogP contribution >= 0.6 is 0 Å². The van der Waals surface area contributed by atoms with E-state index in [1.54, 1.807) is 42.2 Å². The Hall–Kier alpha value is -2.69. The fourth-order valence-corrected chi connectivity index (χ4v) is 2.60. The predicted octanol–water partition coefficient (Wildman–Crippen LogP) is 2.36. The number of fused-ring (bicyclic) bond motifs is 1. The highest BCUT2D eigenvalue weighted by Crippen LogP contribution is 2.26. The van der Waals surface area contributed by atoms with Crippen LogP contribution in [0.3, 0.4) is 0 Å². The Morgan fingerprint density at radius 1 is 1.30 bits per heavy atom. The van der Waals surface area contributed by atoms with Gasteiger partial charge in [0.2, 0.25) is 0 Å². The highest BCUT2D eigenvalue weighted by Gasteiger charge is 2.16. The molecular formula is C17H20F2N6O2. The largest absolute Gasteiger partial charge is 0.390 e. The highest BCUT2D eigenvalue weighted by atomic mass is 19.3. The molecule has 1 aromatic carbocycles. The first-order chi connectivity index (χ1) is 13.0. The minimum Gasteiger partial charge on any atom is -0.390 e. The lowest BCUT2D eigenvalue weighted by atomic mass is 10.2. The third kappa shape index (κ3) is 4.73. The standard InChI is InChI=1S/C17H20F2N6O2/c1-24(27-2)9-12(26)10-25-8-11(7-20-25)21-16-13-5-3-4-6-14(13)22-17(23-16)15(18)19/h3-8,12,15,26H,9-10H2,1-2H3,(H,21,22,23). The zero-order chi connectivity index (χ0) is 19.4. The second-order valence-electron chi connectivity index (χ2n) is 5.97. The third-order valence-electron chi connectivity index (χ3n) is 3.89. The van der Waals surface area contributed by atoms with E-state index in [9.17, 15) is 13.9 Å². The van der Waals surface area contributed by atoms with Crippen LogP contribution in [-0.2, 0) is 11.4 Å². The van der Waals surface area contributed by atoms with Crippen LogP contribution in [-0.4, -0.2) is 56.7 Å². The molecule has 10 heteroatoms. The van der Waals surface area contributed by atoms with Crippen molar-refractivity contribution in [1.29, 1.82) is 0 Å². The van der Waals surface area contributed by atoms with Gasteiger partial charge in [0.05, 0.1) is 43.7 Å². The number of para-hydroxylation sites is 1. The Kier molecular flexibility index (Phi) is 5.89. The van der Waals surface area contributed by atoms with Gasteiger partial charge in [0.25, 0.3) is 6.43 Å². The summed E-state index contributed by atoms with van der Waals surface area (Å²) in [4.78, 5) is 12.8. The molecule has 2 heterocycles. The van der Waals surface area contributed by atoms with Crippen molar-refractivity contribution in [2.24, 2.45) is 0 Å². The van der Waals surface area contributed by atoms with Crippen LogP contribution in [0.1, 0.15) is 12.2 Å². The van der Waals surface area contributed by atoms with Crippen LogP contribution in [0.5, 0.6) is 0 Å². The molecule has 3 aromatic rings. The van der Waals surface area contributed by atoms with Gasteiger partial charge < -0.3 is 15.3 Å². The number of rotatable bonds is 8. The van der Waals surface area contributed by atoms with Crippen LogP contribution in [0.4, 0.5) is 20.3 Å². The van der Waals surface area contributed by atoms with Crippen molar-refractivity contribution in [2.75, 3.05) is 26.0 Å². The molecule has 1 unspecified atom stereocenters. The molecule has 2 aromatic heterocycles. The van der Waals surface area contributed by atoms with E-state index in [4.69, 9.17) is 4.84 Å².